The minimum Gasteiger partial charge on any atom is -0.267 e. The molecule has 6 nitrogen and oxygen atoms in total. The Morgan fingerprint density at radius 2 is 1.79 bits per heavy atom. The van der Waals surface area contributed by atoms with Gasteiger partial charge in [0, 0.05) is 27.1 Å². The number of nitrogens with one attached hydrogen (secondary N) is 1. The van der Waals surface area contributed by atoms with Crippen molar-refractivity contribution < 1.29 is 9.72 Å². The van der Waals surface area contributed by atoms with Crippen molar-refractivity contribution in [1.82, 2.24) is 5.43 Å². The Labute approximate surface area is 176 Å². The Bertz CT molecular complexity index is 1070. The molecule has 0 aliphatic rings. The molecule has 0 saturated heterocycles. The number of carbonyl (C=O) groups excluding carboxylic acids is 1. The number of carbonyl (C=O) groups is 1. The predicted octanol–water partition coefficient (Wildman–Crippen LogP) is 5.47. The van der Waals surface area contributed by atoms with E-state index in [0.717, 1.165) is 10.5 Å². The molecule has 0 saturated carbocycles. The molecule has 3 aromatic rings. The second-order valence-electron chi connectivity index (χ2n) is 6.11. The first-order chi connectivity index (χ1) is 13.9. The summed E-state index contributed by atoms with van der Waals surface area (Å²) in [5.74, 6) is -0.356. The summed E-state index contributed by atoms with van der Waals surface area (Å²) in [6.07, 6.45) is 1.37. The number of rotatable bonds is 6. The van der Waals surface area contributed by atoms with E-state index in [4.69, 9.17) is 11.6 Å². The number of nitro benzene ring substituents is 1. The van der Waals surface area contributed by atoms with Gasteiger partial charge in [0.2, 0.25) is 0 Å². The molecule has 0 heterocycles. The largest absolute Gasteiger partial charge is 0.283 e. The highest BCUT2D eigenvalue weighted by Crippen LogP contribution is 2.35. The van der Waals surface area contributed by atoms with Crippen LogP contribution in [0, 0.1) is 17.0 Å². The number of halogens is 1. The Morgan fingerprint density at radius 1 is 1.10 bits per heavy atom. The minimum absolute atomic E-state index is 0.0428. The zero-order chi connectivity index (χ0) is 20.8. The lowest BCUT2D eigenvalue weighted by Gasteiger charge is -2.04. The summed E-state index contributed by atoms with van der Waals surface area (Å²) in [6, 6.07) is 18.9. The van der Waals surface area contributed by atoms with E-state index in [1.807, 2.05) is 19.1 Å². The van der Waals surface area contributed by atoms with Crippen LogP contribution in [0.1, 0.15) is 21.5 Å². The van der Waals surface area contributed by atoms with Gasteiger partial charge in [0.25, 0.3) is 11.6 Å². The molecule has 0 spiro atoms. The quantitative estimate of drug-likeness (QED) is 0.322. The average molecular weight is 426 g/mol. The molecule has 0 unspecified atom stereocenters. The zero-order valence-electron chi connectivity index (χ0n) is 15.3. The van der Waals surface area contributed by atoms with Crippen LogP contribution in [0.4, 0.5) is 5.69 Å². The molecule has 8 heteroatoms. The van der Waals surface area contributed by atoms with Gasteiger partial charge in [-0.3, -0.25) is 14.9 Å². The van der Waals surface area contributed by atoms with Gasteiger partial charge >= 0.3 is 0 Å². The van der Waals surface area contributed by atoms with E-state index in [1.54, 1.807) is 48.5 Å². The lowest BCUT2D eigenvalue weighted by molar-refractivity contribution is -0.387. The molecular formula is C21H16ClN3O3S. The molecule has 0 bridgehead atoms. The van der Waals surface area contributed by atoms with E-state index in [2.05, 4.69) is 10.5 Å². The minimum atomic E-state index is -0.444. The summed E-state index contributed by atoms with van der Waals surface area (Å²) < 4.78 is 0. The Hall–Kier alpha value is -3.16. The molecule has 0 radical (unpaired) electrons. The van der Waals surface area contributed by atoms with Gasteiger partial charge in [0.05, 0.1) is 16.0 Å². The van der Waals surface area contributed by atoms with E-state index in [0.29, 0.717) is 21.0 Å². The topological polar surface area (TPSA) is 84.6 Å². The van der Waals surface area contributed by atoms with Crippen molar-refractivity contribution in [2.45, 2.75) is 16.7 Å². The van der Waals surface area contributed by atoms with Gasteiger partial charge in [-0.25, -0.2) is 5.43 Å². The van der Waals surface area contributed by atoms with Crippen LogP contribution in [0.15, 0.2) is 81.6 Å². The van der Waals surface area contributed by atoms with Gasteiger partial charge in [-0.15, -0.1) is 0 Å². The number of nitrogens with zero attached hydrogens (tertiary/aromatic N) is 2. The smallest absolute Gasteiger partial charge is 0.267 e. The van der Waals surface area contributed by atoms with Crippen molar-refractivity contribution in [3.8, 4) is 0 Å². The highest BCUT2D eigenvalue weighted by Gasteiger charge is 2.15. The van der Waals surface area contributed by atoms with Crippen LogP contribution in [0.3, 0.4) is 0 Å². The van der Waals surface area contributed by atoms with Crippen molar-refractivity contribution in [3.63, 3.8) is 0 Å². The van der Waals surface area contributed by atoms with Crippen LogP contribution in [0.5, 0.6) is 0 Å². The van der Waals surface area contributed by atoms with Crippen LogP contribution in [0.2, 0.25) is 5.02 Å². The molecule has 0 atom stereocenters. The molecule has 3 aromatic carbocycles. The third-order valence-electron chi connectivity index (χ3n) is 3.91. The summed E-state index contributed by atoms with van der Waals surface area (Å²) in [5.41, 5.74) is 4.41. The van der Waals surface area contributed by atoms with Gasteiger partial charge in [0.15, 0.2) is 0 Å². The second kappa shape index (κ2) is 9.36. The highest BCUT2D eigenvalue weighted by atomic mass is 35.5. The van der Waals surface area contributed by atoms with Crippen LogP contribution < -0.4 is 5.43 Å². The lowest BCUT2D eigenvalue weighted by atomic mass is 10.1. The van der Waals surface area contributed by atoms with E-state index in [-0.39, 0.29) is 11.6 Å². The third kappa shape index (κ3) is 5.66. The van der Waals surface area contributed by atoms with Crippen molar-refractivity contribution in [2.75, 3.05) is 0 Å². The van der Waals surface area contributed by atoms with Gasteiger partial charge in [0.1, 0.15) is 0 Å². The molecule has 0 aliphatic carbocycles. The van der Waals surface area contributed by atoms with E-state index < -0.39 is 4.92 Å². The molecule has 3 rings (SSSR count). The summed E-state index contributed by atoms with van der Waals surface area (Å²) in [6.45, 7) is 1.93. The Balaban J connectivity index is 1.73. The third-order valence-corrected chi connectivity index (χ3v) is 5.24. The number of benzene rings is 3. The first-order valence-electron chi connectivity index (χ1n) is 8.54. The zero-order valence-corrected chi connectivity index (χ0v) is 16.9. The van der Waals surface area contributed by atoms with Crippen molar-refractivity contribution in [1.29, 1.82) is 0 Å². The van der Waals surface area contributed by atoms with Crippen LogP contribution in [0.25, 0.3) is 0 Å². The maximum atomic E-state index is 12.1. The van der Waals surface area contributed by atoms with E-state index in [9.17, 15) is 14.9 Å². The van der Waals surface area contributed by atoms with Gasteiger partial charge in [-0.1, -0.05) is 47.1 Å². The van der Waals surface area contributed by atoms with Crippen molar-refractivity contribution >= 4 is 41.2 Å². The van der Waals surface area contributed by atoms with Gasteiger partial charge in [-0.05, 0) is 49.4 Å². The molecule has 0 aliphatic heterocycles. The van der Waals surface area contributed by atoms with Crippen molar-refractivity contribution in [2.24, 2.45) is 5.10 Å². The van der Waals surface area contributed by atoms with Gasteiger partial charge < -0.3 is 0 Å². The molecule has 29 heavy (non-hydrogen) atoms. The number of aryl methyl sites for hydroxylation is 1. The number of amides is 1. The fourth-order valence-electron chi connectivity index (χ4n) is 2.41. The normalized spacial score (nSPS) is 10.8. The Morgan fingerprint density at radius 3 is 2.45 bits per heavy atom. The fourth-order valence-corrected chi connectivity index (χ4v) is 3.43. The summed E-state index contributed by atoms with van der Waals surface area (Å²) in [5, 5.41) is 16.0. The van der Waals surface area contributed by atoms with E-state index in [1.165, 1.54) is 24.0 Å². The standard InChI is InChI=1S/C21H16ClN3O3S/c1-14-2-5-16(6-3-14)21(26)24-23-13-15-4-11-20(19(12-15)25(27)28)29-18-9-7-17(22)8-10-18/h2-13H,1H3,(H,24,26)/b23-13-. The van der Waals surface area contributed by atoms with Crippen LogP contribution in [-0.4, -0.2) is 17.0 Å². The summed E-state index contributed by atoms with van der Waals surface area (Å²) >= 11 is 7.14. The van der Waals surface area contributed by atoms with Crippen molar-refractivity contribution in [3.05, 3.63) is 98.6 Å². The number of hydrogen-bond acceptors (Lipinski definition) is 5. The number of hydrogen-bond donors (Lipinski definition) is 1. The average Bonchev–Trinajstić information content (AvgIpc) is 2.71. The molecule has 146 valence electrons. The van der Waals surface area contributed by atoms with Crippen LogP contribution in [-0.2, 0) is 0 Å². The predicted molar refractivity (Wildman–Crippen MR) is 115 cm³/mol. The van der Waals surface area contributed by atoms with Gasteiger partial charge in [-0.2, -0.15) is 5.10 Å². The van der Waals surface area contributed by atoms with Crippen LogP contribution >= 0.6 is 23.4 Å². The first kappa shape index (κ1) is 20.6. The number of nitro groups is 1. The van der Waals surface area contributed by atoms with E-state index >= 15 is 0 Å². The number of hydrazone groups is 1. The Kier molecular flexibility index (Phi) is 6.64. The molecule has 0 aromatic heterocycles. The monoisotopic (exact) mass is 425 g/mol. The second-order valence-corrected chi connectivity index (χ2v) is 7.66. The highest BCUT2D eigenvalue weighted by molar-refractivity contribution is 7.99. The summed E-state index contributed by atoms with van der Waals surface area (Å²) in [7, 11) is 0. The maximum Gasteiger partial charge on any atom is 0.283 e. The molecule has 1 N–H and O–H groups in total. The summed E-state index contributed by atoms with van der Waals surface area (Å²) in [4.78, 5) is 24.4. The lowest BCUT2D eigenvalue weighted by Crippen LogP contribution is -2.17. The maximum absolute atomic E-state index is 12.1. The first-order valence-corrected chi connectivity index (χ1v) is 9.74. The molecular weight excluding hydrogens is 410 g/mol. The fraction of sp³-hybridized carbons (Fsp3) is 0.0476. The molecule has 0 fully saturated rings. The molecule has 1 amide bonds. The SMILES string of the molecule is Cc1ccc(C(=O)N/N=C\c2ccc(Sc3ccc(Cl)cc3)c([N+](=O)[O-])c2)cc1.